The molecule has 1 aromatic carbocycles. The van der Waals surface area contributed by atoms with Crippen LogP contribution in [0.25, 0.3) is 0 Å². The number of carbonyl (C=O) groups excluding carboxylic acids is 1. The second kappa shape index (κ2) is 6.91. The van der Waals surface area contributed by atoms with Crippen molar-refractivity contribution in [3.63, 3.8) is 0 Å². The van der Waals surface area contributed by atoms with Crippen LogP contribution >= 0.6 is 0 Å². The largest absolute Gasteiger partial charge is 0.497 e. The van der Waals surface area contributed by atoms with Crippen LogP contribution in [0.1, 0.15) is 26.2 Å². The van der Waals surface area contributed by atoms with E-state index in [9.17, 15) is 4.79 Å². The van der Waals surface area contributed by atoms with E-state index in [1.165, 1.54) is 0 Å². The summed E-state index contributed by atoms with van der Waals surface area (Å²) in [4.78, 5) is 11.7. The fraction of sp³-hybridized carbons (Fsp3) is 0.462. The highest BCUT2D eigenvalue weighted by Crippen LogP contribution is 2.16. The molecular weight excluding hydrogens is 216 g/mol. The number of carbonyl (C=O) groups is 1. The molecule has 0 aliphatic rings. The fourth-order valence-corrected chi connectivity index (χ4v) is 1.49. The quantitative estimate of drug-likeness (QED) is 0.795. The molecule has 0 bridgehead atoms. The molecule has 0 radical (unpaired) electrons. The summed E-state index contributed by atoms with van der Waals surface area (Å²) in [6, 6.07) is 6.79. The highest BCUT2D eigenvalue weighted by Gasteiger charge is 2.12. The van der Waals surface area contributed by atoms with Gasteiger partial charge in [-0.2, -0.15) is 0 Å². The first-order chi connectivity index (χ1) is 8.17. The fourth-order valence-electron chi connectivity index (χ4n) is 1.49. The summed E-state index contributed by atoms with van der Waals surface area (Å²) in [6.45, 7) is 2.08. The van der Waals surface area contributed by atoms with Crippen molar-refractivity contribution in [2.45, 2.75) is 32.2 Å². The number of nitrogens with two attached hydrogens (primary N) is 1. The van der Waals surface area contributed by atoms with E-state index < -0.39 is 6.04 Å². The summed E-state index contributed by atoms with van der Waals surface area (Å²) >= 11 is 0. The van der Waals surface area contributed by atoms with Gasteiger partial charge in [0.05, 0.1) is 13.2 Å². The monoisotopic (exact) mass is 236 g/mol. The van der Waals surface area contributed by atoms with E-state index in [1.807, 2.05) is 18.2 Å². The van der Waals surface area contributed by atoms with Crippen molar-refractivity contribution >= 4 is 11.6 Å². The van der Waals surface area contributed by atoms with Gasteiger partial charge in [0.25, 0.3) is 0 Å². The summed E-state index contributed by atoms with van der Waals surface area (Å²) in [6.07, 6.45) is 2.72. The van der Waals surface area contributed by atoms with Gasteiger partial charge in [-0.05, 0) is 18.6 Å². The molecule has 0 aliphatic carbocycles. The van der Waals surface area contributed by atoms with Gasteiger partial charge in [0.15, 0.2) is 0 Å². The van der Waals surface area contributed by atoms with Crippen LogP contribution in [0.3, 0.4) is 0 Å². The molecule has 1 amide bonds. The van der Waals surface area contributed by atoms with Gasteiger partial charge >= 0.3 is 0 Å². The Morgan fingerprint density at radius 2 is 2.29 bits per heavy atom. The molecule has 1 aromatic rings. The van der Waals surface area contributed by atoms with Gasteiger partial charge in [-0.1, -0.05) is 25.8 Å². The molecule has 1 rings (SSSR count). The van der Waals surface area contributed by atoms with Crippen LogP contribution in [0.15, 0.2) is 24.3 Å². The van der Waals surface area contributed by atoms with Crippen molar-refractivity contribution in [2.24, 2.45) is 5.73 Å². The smallest absolute Gasteiger partial charge is 0.241 e. The van der Waals surface area contributed by atoms with Crippen LogP contribution in [-0.2, 0) is 4.79 Å². The minimum atomic E-state index is -0.443. The first kappa shape index (κ1) is 13.5. The van der Waals surface area contributed by atoms with Crippen molar-refractivity contribution in [3.05, 3.63) is 24.3 Å². The van der Waals surface area contributed by atoms with Crippen molar-refractivity contribution in [2.75, 3.05) is 12.4 Å². The number of ether oxygens (including phenoxy) is 1. The summed E-state index contributed by atoms with van der Waals surface area (Å²) in [5.41, 5.74) is 6.49. The molecule has 0 spiro atoms. The maximum absolute atomic E-state index is 11.7. The van der Waals surface area contributed by atoms with Gasteiger partial charge < -0.3 is 15.8 Å². The molecule has 17 heavy (non-hydrogen) atoms. The standard InChI is InChI=1S/C13H20N2O2/c1-3-4-8-12(14)13(16)15-10-6-5-7-11(9-10)17-2/h5-7,9,12H,3-4,8,14H2,1-2H3,(H,15,16). The highest BCUT2D eigenvalue weighted by molar-refractivity contribution is 5.94. The molecule has 0 heterocycles. The Morgan fingerprint density at radius 1 is 1.53 bits per heavy atom. The number of methoxy groups -OCH3 is 1. The first-order valence-corrected chi connectivity index (χ1v) is 5.88. The minimum absolute atomic E-state index is 0.147. The van der Waals surface area contributed by atoms with Crippen LogP contribution in [0, 0.1) is 0 Å². The molecule has 4 heteroatoms. The molecular formula is C13H20N2O2. The Hall–Kier alpha value is -1.55. The van der Waals surface area contributed by atoms with Crippen LogP contribution in [0.5, 0.6) is 5.75 Å². The zero-order valence-electron chi connectivity index (χ0n) is 10.4. The second-order valence-electron chi connectivity index (χ2n) is 3.97. The van der Waals surface area contributed by atoms with Crippen molar-refractivity contribution in [1.29, 1.82) is 0 Å². The maximum atomic E-state index is 11.7. The normalized spacial score (nSPS) is 11.9. The minimum Gasteiger partial charge on any atom is -0.497 e. The number of anilines is 1. The topological polar surface area (TPSA) is 64.4 Å². The lowest BCUT2D eigenvalue weighted by Gasteiger charge is -2.12. The second-order valence-corrected chi connectivity index (χ2v) is 3.97. The number of amides is 1. The first-order valence-electron chi connectivity index (χ1n) is 5.88. The molecule has 1 unspecified atom stereocenters. The third kappa shape index (κ3) is 4.44. The van der Waals surface area contributed by atoms with Gasteiger partial charge in [-0.3, -0.25) is 4.79 Å². The predicted octanol–water partition coefficient (Wildman–Crippen LogP) is 2.15. The Morgan fingerprint density at radius 3 is 2.94 bits per heavy atom. The van der Waals surface area contributed by atoms with Crippen molar-refractivity contribution < 1.29 is 9.53 Å². The number of unbranched alkanes of at least 4 members (excludes halogenated alkanes) is 1. The van der Waals surface area contributed by atoms with E-state index in [1.54, 1.807) is 13.2 Å². The lowest BCUT2D eigenvalue weighted by molar-refractivity contribution is -0.117. The lowest BCUT2D eigenvalue weighted by atomic mass is 10.1. The van der Waals surface area contributed by atoms with Crippen molar-refractivity contribution in [3.8, 4) is 5.75 Å². The molecule has 1 atom stereocenters. The van der Waals surface area contributed by atoms with Gasteiger partial charge in [0.1, 0.15) is 5.75 Å². The summed E-state index contributed by atoms with van der Waals surface area (Å²) in [5.74, 6) is 0.566. The lowest BCUT2D eigenvalue weighted by Crippen LogP contribution is -2.35. The Kier molecular flexibility index (Phi) is 5.49. The Labute approximate surface area is 102 Å². The molecule has 3 N–H and O–H groups in total. The van der Waals surface area contributed by atoms with E-state index in [4.69, 9.17) is 10.5 Å². The highest BCUT2D eigenvalue weighted by atomic mass is 16.5. The number of benzene rings is 1. The van der Waals surface area contributed by atoms with E-state index in [0.29, 0.717) is 17.9 Å². The average Bonchev–Trinajstić information content (AvgIpc) is 2.36. The molecule has 0 aliphatic heterocycles. The van der Waals surface area contributed by atoms with Gasteiger partial charge in [-0.15, -0.1) is 0 Å². The number of rotatable bonds is 6. The number of nitrogens with one attached hydrogen (secondary N) is 1. The zero-order valence-corrected chi connectivity index (χ0v) is 10.4. The van der Waals surface area contributed by atoms with Gasteiger partial charge in [0.2, 0.25) is 5.91 Å². The Balaban J connectivity index is 2.54. The number of hydrogen-bond donors (Lipinski definition) is 2. The predicted molar refractivity (Wildman–Crippen MR) is 69.1 cm³/mol. The average molecular weight is 236 g/mol. The van der Waals surface area contributed by atoms with Crippen LogP contribution < -0.4 is 15.8 Å². The molecule has 0 aromatic heterocycles. The summed E-state index contributed by atoms with van der Waals surface area (Å²) < 4.78 is 5.08. The molecule has 0 fully saturated rings. The third-order valence-corrected chi connectivity index (χ3v) is 2.54. The summed E-state index contributed by atoms with van der Waals surface area (Å²) in [5, 5.41) is 2.78. The van der Waals surface area contributed by atoms with E-state index in [2.05, 4.69) is 12.2 Å². The maximum Gasteiger partial charge on any atom is 0.241 e. The molecule has 94 valence electrons. The van der Waals surface area contributed by atoms with Crippen LogP contribution in [0.4, 0.5) is 5.69 Å². The van der Waals surface area contributed by atoms with E-state index in [0.717, 1.165) is 12.8 Å². The SMILES string of the molecule is CCCCC(N)C(=O)Nc1cccc(OC)c1. The summed E-state index contributed by atoms with van der Waals surface area (Å²) in [7, 11) is 1.59. The third-order valence-electron chi connectivity index (χ3n) is 2.54. The zero-order chi connectivity index (χ0) is 12.7. The molecule has 0 saturated carbocycles. The van der Waals surface area contributed by atoms with Crippen molar-refractivity contribution in [1.82, 2.24) is 0 Å². The van der Waals surface area contributed by atoms with E-state index >= 15 is 0 Å². The Bertz CT molecular complexity index is 366. The number of hydrogen-bond acceptors (Lipinski definition) is 3. The van der Waals surface area contributed by atoms with E-state index in [-0.39, 0.29) is 5.91 Å². The molecule has 0 saturated heterocycles. The van der Waals surface area contributed by atoms with Gasteiger partial charge in [-0.25, -0.2) is 0 Å². The molecule has 4 nitrogen and oxygen atoms in total. The van der Waals surface area contributed by atoms with Crippen LogP contribution in [-0.4, -0.2) is 19.1 Å². The van der Waals surface area contributed by atoms with Gasteiger partial charge in [0, 0.05) is 11.8 Å². The van der Waals surface area contributed by atoms with Crippen LogP contribution in [0.2, 0.25) is 0 Å².